The van der Waals surface area contributed by atoms with Crippen molar-refractivity contribution in [1.82, 2.24) is 4.98 Å². The molecule has 3 rings (SSSR count). The van der Waals surface area contributed by atoms with E-state index in [4.69, 9.17) is 10.5 Å². The van der Waals surface area contributed by atoms with Crippen LogP contribution in [0.1, 0.15) is 11.1 Å². The molecule has 0 aliphatic rings. The number of aromatic nitrogens is 1. The maximum atomic E-state index is 9.08. The van der Waals surface area contributed by atoms with Gasteiger partial charge in [0.25, 0.3) is 0 Å². The lowest BCUT2D eigenvalue weighted by molar-refractivity contribution is 1.42. The summed E-state index contributed by atoms with van der Waals surface area (Å²) in [4.78, 5) is 3.26. The summed E-state index contributed by atoms with van der Waals surface area (Å²) in [5.41, 5.74) is 4.07. The molecule has 0 aliphatic heterocycles. The van der Waals surface area contributed by atoms with Gasteiger partial charge in [0, 0.05) is 11.1 Å². The van der Waals surface area contributed by atoms with E-state index in [-0.39, 0.29) is 0 Å². The number of aromatic amines is 1. The molecular weight excluding hydrogens is 234 g/mol. The van der Waals surface area contributed by atoms with Crippen molar-refractivity contribution in [3.63, 3.8) is 0 Å². The molecule has 3 nitrogen and oxygen atoms in total. The molecule has 0 fully saturated rings. The molecule has 0 spiro atoms. The van der Waals surface area contributed by atoms with Crippen molar-refractivity contribution >= 4 is 10.9 Å². The van der Waals surface area contributed by atoms with Gasteiger partial charge in [0.2, 0.25) is 0 Å². The molecule has 0 saturated heterocycles. The van der Waals surface area contributed by atoms with Crippen molar-refractivity contribution in [3.8, 4) is 23.4 Å². The van der Waals surface area contributed by atoms with Crippen molar-refractivity contribution in [2.24, 2.45) is 0 Å². The normalized spacial score (nSPS) is 10.0. The highest BCUT2D eigenvalue weighted by Crippen LogP contribution is 2.26. The van der Waals surface area contributed by atoms with Gasteiger partial charge in [0.1, 0.15) is 6.07 Å². The van der Waals surface area contributed by atoms with Crippen molar-refractivity contribution < 1.29 is 0 Å². The summed E-state index contributed by atoms with van der Waals surface area (Å²) in [6.07, 6.45) is 0. The zero-order valence-electron chi connectivity index (χ0n) is 10.0. The van der Waals surface area contributed by atoms with Gasteiger partial charge in [-0.05, 0) is 29.8 Å². The number of nitrogens with one attached hydrogen (secondary N) is 1. The number of hydrogen-bond acceptors (Lipinski definition) is 2. The lowest BCUT2D eigenvalue weighted by Crippen LogP contribution is -1.80. The van der Waals surface area contributed by atoms with Crippen molar-refractivity contribution in [3.05, 3.63) is 59.7 Å². The molecule has 0 amide bonds. The molecular formula is C16H9N3. The fraction of sp³-hybridized carbons (Fsp3) is 0. The predicted octanol–water partition coefficient (Wildman–Crippen LogP) is 3.58. The Kier molecular flexibility index (Phi) is 2.52. The Morgan fingerprint density at radius 2 is 1.68 bits per heavy atom. The summed E-state index contributed by atoms with van der Waals surface area (Å²) in [7, 11) is 0. The Bertz CT molecular complexity index is 827. The second-order valence-corrected chi connectivity index (χ2v) is 4.25. The Balaban J connectivity index is 2.16. The molecule has 2 aromatic carbocycles. The van der Waals surface area contributed by atoms with Gasteiger partial charge < -0.3 is 4.98 Å². The van der Waals surface area contributed by atoms with Gasteiger partial charge in [-0.25, -0.2) is 0 Å². The summed E-state index contributed by atoms with van der Waals surface area (Å²) in [6, 6.07) is 19.3. The van der Waals surface area contributed by atoms with Gasteiger partial charge in [-0.3, -0.25) is 0 Å². The number of rotatable bonds is 1. The van der Waals surface area contributed by atoms with E-state index in [2.05, 4.69) is 17.1 Å². The predicted molar refractivity (Wildman–Crippen MR) is 73.2 cm³/mol. The highest BCUT2D eigenvalue weighted by atomic mass is 14.7. The average molecular weight is 243 g/mol. The first-order valence-electron chi connectivity index (χ1n) is 5.84. The van der Waals surface area contributed by atoms with E-state index in [1.54, 1.807) is 18.2 Å². The van der Waals surface area contributed by atoms with Gasteiger partial charge >= 0.3 is 0 Å². The van der Waals surface area contributed by atoms with Crippen LogP contribution in [0.5, 0.6) is 0 Å². The Labute approximate surface area is 110 Å². The third kappa shape index (κ3) is 1.84. The van der Waals surface area contributed by atoms with Crippen LogP contribution in [0.25, 0.3) is 22.2 Å². The first-order chi connectivity index (χ1) is 9.31. The molecule has 0 saturated carbocycles. The number of benzene rings is 2. The fourth-order valence-corrected chi connectivity index (χ4v) is 2.13. The van der Waals surface area contributed by atoms with Crippen LogP contribution in [0.2, 0.25) is 0 Å². The van der Waals surface area contributed by atoms with Gasteiger partial charge in [-0.15, -0.1) is 0 Å². The third-order valence-corrected chi connectivity index (χ3v) is 3.10. The van der Waals surface area contributed by atoms with E-state index in [1.807, 2.05) is 30.3 Å². The minimum absolute atomic E-state index is 0.636. The minimum atomic E-state index is 0.636. The van der Waals surface area contributed by atoms with Crippen LogP contribution in [0.4, 0.5) is 0 Å². The summed E-state index contributed by atoms with van der Waals surface area (Å²) in [5.74, 6) is 0. The maximum absolute atomic E-state index is 9.08. The second kappa shape index (κ2) is 4.33. The highest BCUT2D eigenvalue weighted by molar-refractivity contribution is 5.89. The third-order valence-electron chi connectivity index (χ3n) is 3.10. The topological polar surface area (TPSA) is 63.4 Å². The molecule has 0 aliphatic carbocycles. The van der Waals surface area contributed by atoms with E-state index >= 15 is 0 Å². The molecule has 0 radical (unpaired) electrons. The van der Waals surface area contributed by atoms with Crippen LogP contribution in [0.3, 0.4) is 0 Å². The number of nitriles is 2. The molecule has 0 unspecified atom stereocenters. The van der Waals surface area contributed by atoms with E-state index in [0.717, 1.165) is 22.2 Å². The molecule has 3 heteroatoms. The van der Waals surface area contributed by atoms with Gasteiger partial charge in [0.05, 0.1) is 22.7 Å². The monoisotopic (exact) mass is 243 g/mol. The standard InChI is InChI=1S/C16H9N3/c17-9-11-4-6-12(7-5-11)15-8-13-2-1-3-14(10-18)16(13)19-15/h1-8,19H. The zero-order valence-corrected chi connectivity index (χ0v) is 10.0. The van der Waals surface area contributed by atoms with Crippen LogP contribution < -0.4 is 0 Å². The van der Waals surface area contributed by atoms with Crippen molar-refractivity contribution in [2.75, 3.05) is 0 Å². The minimum Gasteiger partial charge on any atom is -0.353 e. The fourth-order valence-electron chi connectivity index (χ4n) is 2.13. The molecule has 0 atom stereocenters. The average Bonchev–Trinajstić information content (AvgIpc) is 2.91. The summed E-state index contributed by atoms with van der Waals surface area (Å²) >= 11 is 0. The van der Waals surface area contributed by atoms with Crippen LogP contribution in [0.15, 0.2) is 48.5 Å². The Morgan fingerprint density at radius 3 is 2.37 bits per heavy atom. The zero-order chi connectivity index (χ0) is 13.2. The number of H-pyrrole nitrogens is 1. The Hall–Kier alpha value is -3.04. The quantitative estimate of drug-likeness (QED) is 0.710. The van der Waals surface area contributed by atoms with Crippen molar-refractivity contribution in [1.29, 1.82) is 10.5 Å². The summed E-state index contributed by atoms with van der Waals surface area (Å²) in [5, 5.41) is 18.9. The van der Waals surface area contributed by atoms with Crippen LogP contribution in [0, 0.1) is 22.7 Å². The molecule has 88 valence electrons. The lowest BCUT2D eigenvalue weighted by Gasteiger charge is -1.97. The van der Waals surface area contributed by atoms with E-state index in [0.29, 0.717) is 11.1 Å². The van der Waals surface area contributed by atoms with E-state index in [9.17, 15) is 0 Å². The molecule has 3 aromatic rings. The van der Waals surface area contributed by atoms with Crippen LogP contribution in [-0.4, -0.2) is 4.98 Å². The maximum Gasteiger partial charge on any atom is 0.101 e. The number of hydrogen-bond donors (Lipinski definition) is 1. The van der Waals surface area contributed by atoms with Crippen LogP contribution >= 0.6 is 0 Å². The van der Waals surface area contributed by atoms with Gasteiger partial charge in [-0.1, -0.05) is 24.3 Å². The van der Waals surface area contributed by atoms with Crippen molar-refractivity contribution in [2.45, 2.75) is 0 Å². The molecule has 0 bridgehead atoms. The molecule has 1 N–H and O–H groups in total. The summed E-state index contributed by atoms with van der Waals surface area (Å²) in [6.45, 7) is 0. The Morgan fingerprint density at radius 1 is 0.895 bits per heavy atom. The highest BCUT2D eigenvalue weighted by Gasteiger charge is 2.06. The van der Waals surface area contributed by atoms with Crippen LogP contribution in [-0.2, 0) is 0 Å². The summed E-state index contributed by atoms with van der Waals surface area (Å²) < 4.78 is 0. The first-order valence-corrected chi connectivity index (χ1v) is 5.84. The lowest BCUT2D eigenvalue weighted by atomic mass is 10.1. The van der Waals surface area contributed by atoms with E-state index < -0.39 is 0 Å². The first kappa shape index (κ1) is 11.1. The number of fused-ring (bicyclic) bond motifs is 1. The number of para-hydroxylation sites is 1. The van der Waals surface area contributed by atoms with Gasteiger partial charge in [-0.2, -0.15) is 10.5 Å². The second-order valence-electron chi connectivity index (χ2n) is 4.25. The molecule has 19 heavy (non-hydrogen) atoms. The van der Waals surface area contributed by atoms with Gasteiger partial charge in [0.15, 0.2) is 0 Å². The smallest absolute Gasteiger partial charge is 0.101 e. The van der Waals surface area contributed by atoms with E-state index in [1.165, 1.54) is 0 Å². The SMILES string of the molecule is N#Cc1ccc(-c2cc3cccc(C#N)c3[nH]2)cc1. The molecule has 1 heterocycles. The number of nitrogens with zero attached hydrogens (tertiary/aromatic N) is 2. The largest absolute Gasteiger partial charge is 0.353 e. The molecule has 1 aromatic heterocycles.